The molecule has 0 spiro atoms. The van der Waals surface area contributed by atoms with E-state index < -0.39 is 0 Å². The Kier molecular flexibility index (Phi) is 6.19. The van der Waals surface area contributed by atoms with Gasteiger partial charge in [0.2, 0.25) is 0 Å². The molecule has 0 atom stereocenters. The molecule has 2 N–H and O–H groups in total. The van der Waals surface area contributed by atoms with Crippen LogP contribution in [0.4, 0.5) is 0 Å². The van der Waals surface area contributed by atoms with Crippen LogP contribution in [0.3, 0.4) is 0 Å². The molecule has 0 saturated heterocycles. The summed E-state index contributed by atoms with van der Waals surface area (Å²) in [4.78, 5) is 2.40. The van der Waals surface area contributed by atoms with Crippen molar-refractivity contribution in [2.75, 3.05) is 20.3 Å². The van der Waals surface area contributed by atoms with Crippen LogP contribution < -0.4 is 5.73 Å². The second-order valence-corrected chi connectivity index (χ2v) is 4.58. The molecule has 0 radical (unpaired) electrons. The standard InChI is InChI=1S/C14H24N2O/c1-12(2)16(8-9-17-3)11-14-6-4-13(10-15)5-7-14/h4-7,12H,8-11,15H2,1-3H3. The lowest BCUT2D eigenvalue weighted by Crippen LogP contribution is -2.33. The Labute approximate surface area is 105 Å². The van der Waals surface area contributed by atoms with Gasteiger partial charge >= 0.3 is 0 Å². The smallest absolute Gasteiger partial charge is 0.0589 e. The molecule has 0 heterocycles. The zero-order valence-electron chi connectivity index (χ0n) is 11.1. The molecule has 0 aliphatic heterocycles. The largest absolute Gasteiger partial charge is 0.383 e. The van der Waals surface area contributed by atoms with Gasteiger partial charge in [-0.2, -0.15) is 0 Å². The first kappa shape index (κ1) is 14.2. The molecule has 1 aromatic rings. The number of ether oxygens (including phenoxy) is 1. The summed E-state index contributed by atoms with van der Waals surface area (Å²) in [5.41, 5.74) is 8.10. The predicted octanol–water partition coefficient (Wildman–Crippen LogP) is 2.00. The summed E-state index contributed by atoms with van der Waals surface area (Å²) in [5, 5.41) is 0. The predicted molar refractivity (Wildman–Crippen MR) is 71.8 cm³/mol. The number of rotatable bonds is 7. The molecule has 0 saturated carbocycles. The van der Waals surface area contributed by atoms with Gasteiger partial charge in [-0.25, -0.2) is 0 Å². The van der Waals surface area contributed by atoms with Crippen LogP contribution in [-0.2, 0) is 17.8 Å². The number of nitrogens with two attached hydrogens (primary N) is 1. The zero-order chi connectivity index (χ0) is 12.7. The Morgan fingerprint density at radius 1 is 1.18 bits per heavy atom. The topological polar surface area (TPSA) is 38.5 Å². The van der Waals surface area contributed by atoms with Crippen LogP contribution in [0.25, 0.3) is 0 Å². The molecule has 0 amide bonds. The van der Waals surface area contributed by atoms with E-state index >= 15 is 0 Å². The summed E-state index contributed by atoms with van der Waals surface area (Å²) in [6, 6.07) is 9.04. The lowest BCUT2D eigenvalue weighted by molar-refractivity contribution is 0.125. The van der Waals surface area contributed by atoms with Gasteiger partial charge < -0.3 is 10.5 Å². The SMILES string of the molecule is COCCN(Cc1ccc(CN)cc1)C(C)C. The van der Waals surface area contributed by atoms with E-state index in [1.807, 2.05) is 0 Å². The molecule has 0 aliphatic rings. The van der Waals surface area contributed by atoms with Gasteiger partial charge in [-0.3, -0.25) is 4.90 Å². The molecule has 1 rings (SSSR count). The van der Waals surface area contributed by atoms with Crippen molar-refractivity contribution in [2.45, 2.75) is 33.0 Å². The van der Waals surface area contributed by atoms with Crippen LogP contribution in [0.5, 0.6) is 0 Å². The normalized spacial score (nSPS) is 11.4. The number of hydrogen-bond donors (Lipinski definition) is 1. The van der Waals surface area contributed by atoms with Crippen molar-refractivity contribution in [1.82, 2.24) is 4.90 Å². The van der Waals surface area contributed by atoms with Crippen LogP contribution in [0.1, 0.15) is 25.0 Å². The summed E-state index contributed by atoms with van der Waals surface area (Å²) >= 11 is 0. The molecule has 0 unspecified atom stereocenters. The highest BCUT2D eigenvalue weighted by Gasteiger charge is 2.09. The van der Waals surface area contributed by atoms with Gasteiger partial charge in [0.1, 0.15) is 0 Å². The zero-order valence-corrected chi connectivity index (χ0v) is 11.1. The highest BCUT2D eigenvalue weighted by atomic mass is 16.5. The fraction of sp³-hybridized carbons (Fsp3) is 0.571. The monoisotopic (exact) mass is 236 g/mol. The second kappa shape index (κ2) is 7.43. The summed E-state index contributed by atoms with van der Waals surface area (Å²) < 4.78 is 5.14. The molecule has 0 fully saturated rings. The van der Waals surface area contributed by atoms with Crippen LogP contribution in [0, 0.1) is 0 Å². The van der Waals surface area contributed by atoms with Crippen molar-refractivity contribution in [3.8, 4) is 0 Å². The molecular formula is C14H24N2O. The third-order valence-corrected chi connectivity index (χ3v) is 2.96. The molecule has 17 heavy (non-hydrogen) atoms. The average Bonchev–Trinajstić information content (AvgIpc) is 2.35. The van der Waals surface area contributed by atoms with Crippen molar-refractivity contribution in [1.29, 1.82) is 0 Å². The maximum Gasteiger partial charge on any atom is 0.0589 e. The third-order valence-electron chi connectivity index (χ3n) is 2.96. The van der Waals surface area contributed by atoms with Gasteiger partial charge in [0, 0.05) is 32.8 Å². The van der Waals surface area contributed by atoms with Crippen molar-refractivity contribution < 1.29 is 4.74 Å². The fourth-order valence-electron chi connectivity index (χ4n) is 1.74. The first-order chi connectivity index (χ1) is 8.17. The summed E-state index contributed by atoms with van der Waals surface area (Å²) in [7, 11) is 1.74. The van der Waals surface area contributed by atoms with Gasteiger partial charge in [-0.1, -0.05) is 24.3 Å². The van der Waals surface area contributed by atoms with Crippen LogP contribution in [0.15, 0.2) is 24.3 Å². The van der Waals surface area contributed by atoms with E-state index in [1.54, 1.807) is 7.11 Å². The van der Waals surface area contributed by atoms with Gasteiger partial charge in [0.15, 0.2) is 0 Å². The molecule has 0 aliphatic carbocycles. The molecule has 1 aromatic carbocycles. The quantitative estimate of drug-likeness (QED) is 0.787. The van der Waals surface area contributed by atoms with E-state index in [0.717, 1.165) is 19.7 Å². The number of methoxy groups -OCH3 is 1. The molecule has 3 heteroatoms. The van der Waals surface area contributed by atoms with Crippen molar-refractivity contribution in [3.63, 3.8) is 0 Å². The van der Waals surface area contributed by atoms with E-state index in [-0.39, 0.29) is 0 Å². The molecule has 3 nitrogen and oxygen atoms in total. The maximum absolute atomic E-state index is 5.59. The summed E-state index contributed by atoms with van der Waals surface area (Å²) in [6.07, 6.45) is 0. The van der Waals surface area contributed by atoms with Gasteiger partial charge in [0.05, 0.1) is 6.61 Å². The fourth-order valence-corrected chi connectivity index (χ4v) is 1.74. The Balaban J connectivity index is 2.58. The van der Waals surface area contributed by atoms with Gasteiger partial charge in [-0.15, -0.1) is 0 Å². The van der Waals surface area contributed by atoms with Gasteiger partial charge in [-0.05, 0) is 25.0 Å². The minimum atomic E-state index is 0.527. The first-order valence-electron chi connectivity index (χ1n) is 6.18. The lowest BCUT2D eigenvalue weighted by atomic mass is 10.1. The summed E-state index contributed by atoms with van der Waals surface area (Å²) in [6.45, 7) is 7.74. The number of hydrogen-bond acceptors (Lipinski definition) is 3. The van der Waals surface area contributed by atoms with E-state index in [9.17, 15) is 0 Å². The van der Waals surface area contributed by atoms with E-state index in [1.165, 1.54) is 11.1 Å². The van der Waals surface area contributed by atoms with Crippen LogP contribution in [0.2, 0.25) is 0 Å². The van der Waals surface area contributed by atoms with E-state index in [4.69, 9.17) is 10.5 Å². The highest BCUT2D eigenvalue weighted by molar-refractivity contribution is 5.22. The number of nitrogens with zero attached hydrogens (tertiary/aromatic N) is 1. The van der Waals surface area contributed by atoms with Crippen molar-refractivity contribution in [3.05, 3.63) is 35.4 Å². The Morgan fingerprint density at radius 2 is 1.76 bits per heavy atom. The number of benzene rings is 1. The Morgan fingerprint density at radius 3 is 2.24 bits per heavy atom. The first-order valence-corrected chi connectivity index (χ1v) is 6.18. The highest BCUT2D eigenvalue weighted by Crippen LogP contribution is 2.09. The van der Waals surface area contributed by atoms with E-state index in [0.29, 0.717) is 12.6 Å². The lowest BCUT2D eigenvalue weighted by Gasteiger charge is -2.26. The minimum absolute atomic E-state index is 0.527. The average molecular weight is 236 g/mol. The summed E-state index contributed by atoms with van der Waals surface area (Å²) in [5.74, 6) is 0. The van der Waals surface area contributed by atoms with Crippen molar-refractivity contribution in [2.24, 2.45) is 5.73 Å². The van der Waals surface area contributed by atoms with Crippen molar-refractivity contribution >= 4 is 0 Å². The van der Waals surface area contributed by atoms with Crippen LogP contribution >= 0.6 is 0 Å². The molecular weight excluding hydrogens is 212 g/mol. The molecule has 0 bridgehead atoms. The Hall–Kier alpha value is -0.900. The molecule has 0 aromatic heterocycles. The minimum Gasteiger partial charge on any atom is -0.383 e. The molecule has 96 valence electrons. The second-order valence-electron chi connectivity index (χ2n) is 4.58. The van der Waals surface area contributed by atoms with E-state index in [2.05, 4.69) is 43.0 Å². The van der Waals surface area contributed by atoms with Crippen LogP contribution in [-0.4, -0.2) is 31.2 Å². The maximum atomic E-state index is 5.59. The Bertz CT molecular complexity index is 309. The third kappa shape index (κ3) is 4.86. The van der Waals surface area contributed by atoms with Gasteiger partial charge in [0.25, 0.3) is 0 Å².